The Kier molecular flexibility index (Phi) is 5.39. The van der Waals surface area contributed by atoms with E-state index in [1.54, 1.807) is 55.5 Å². The van der Waals surface area contributed by atoms with E-state index in [9.17, 15) is 9.59 Å². The van der Waals surface area contributed by atoms with Crippen molar-refractivity contribution in [2.45, 2.75) is 6.92 Å². The van der Waals surface area contributed by atoms with Crippen molar-refractivity contribution in [1.29, 1.82) is 0 Å². The summed E-state index contributed by atoms with van der Waals surface area (Å²) in [4.78, 5) is 24.6. The number of amides is 1. The summed E-state index contributed by atoms with van der Waals surface area (Å²) in [5.41, 5.74) is 4.18. The molecule has 0 spiro atoms. The van der Waals surface area contributed by atoms with E-state index in [1.165, 1.54) is 10.9 Å². The van der Waals surface area contributed by atoms with Crippen molar-refractivity contribution in [2.75, 3.05) is 0 Å². The molecule has 0 radical (unpaired) electrons. The van der Waals surface area contributed by atoms with Crippen molar-refractivity contribution < 1.29 is 4.79 Å². The van der Waals surface area contributed by atoms with Gasteiger partial charge in [-0.3, -0.25) is 14.7 Å². The lowest BCUT2D eigenvalue weighted by Gasteiger charge is -2.01. The summed E-state index contributed by atoms with van der Waals surface area (Å²) in [6.07, 6.45) is 1.33. The molecule has 3 rings (SSSR count). The Bertz CT molecular complexity index is 1040. The predicted octanol–water partition coefficient (Wildman–Crippen LogP) is 3.65. The van der Waals surface area contributed by atoms with E-state index in [-0.39, 0.29) is 11.5 Å². The molecular weight excluding hydrogens is 420 g/mol. The molecule has 0 saturated heterocycles. The zero-order valence-corrected chi connectivity index (χ0v) is 16.0. The van der Waals surface area contributed by atoms with E-state index in [0.717, 1.165) is 4.47 Å². The molecule has 1 heterocycles. The number of carbonyl (C=O) groups excluding carboxylic acids is 1. The molecule has 0 unspecified atom stereocenters. The van der Waals surface area contributed by atoms with Gasteiger partial charge >= 0.3 is 0 Å². The molecule has 26 heavy (non-hydrogen) atoms. The van der Waals surface area contributed by atoms with Crippen LogP contribution in [0.1, 0.15) is 21.6 Å². The lowest BCUT2D eigenvalue weighted by molar-refractivity contribution is 0.0955. The normalized spacial score (nSPS) is 11.0. The van der Waals surface area contributed by atoms with Crippen molar-refractivity contribution in [1.82, 2.24) is 15.2 Å². The predicted molar refractivity (Wildman–Crippen MR) is 105 cm³/mol. The number of hydrogen-bond acceptors (Lipinski definition) is 3. The molecule has 3 aromatic rings. The van der Waals surface area contributed by atoms with Gasteiger partial charge in [0, 0.05) is 20.8 Å². The Hall–Kier alpha value is -2.64. The number of aromatic amines is 1. The third-order valence-electron chi connectivity index (χ3n) is 3.65. The lowest BCUT2D eigenvalue weighted by Crippen LogP contribution is -2.20. The third kappa shape index (κ3) is 3.95. The molecule has 0 aliphatic carbocycles. The number of nitrogens with one attached hydrogen (secondary N) is 2. The SMILES string of the molecule is Cc1[nH]n(-c2cccc(Cl)c2)c(=O)c1/C=N\NC(=O)c1ccc(Br)cc1. The van der Waals surface area contributed by atoms with Crippen LogP contribution in [0.15, 0.2) is 62.9 Å². The average molecular weight is 434 g/mol. The summed E-state index contributed by atoms with van der Waals surface area (Å²) in [7, 11) is 0. The van der Waals surface area contributed by atoms with Gasteiger partial charge in [0.1, 0.15) is 0 Å². The van der Waals surface area contributed by atoms with Crippen LogP contribution < -0.4 is 11.0 Å². The van der Waals surface area contributed by atoms with E-state index in [0.29, 0.717) is 27.5 Å². The maximum atomic E-state index is 12.6. The summed E-state index contributed by atoms with van der Waals surface area (Å²) < 4.78 is 2.25. The van der Waals surface area contributed by atoms with Crippen molar-refractivity contribution in [3.05, 3.63) is 85.2 Å². The summed E-state index contributed by atoms with van der Waals surface area (Å²) in [6, 6.07) is 13.8. The molecule has 2 aromatic carbocycles. The van der Waals surface area contributed by atoms with Crippen LogP contribution in [0, 0.1) is 6.92 Å². The molecule has 132 valence electrons. The van der Waals surface area contributed by atoms with Crippen molar-refractivity contribution >= 4 is 39.7 Å². The minimum Gasteiger partial charge on any atom is -0.295 e. The minimum atomic E-state index is -0.364. The van der Waals surface area contributed by atoms with E-state index < -0.39 is 0 Å². The molecule has 0 aliphatic rings. The fraction of sp³-hybridized carbons (Fsp3) is 0.0556. The molecule has 0 atom stereocenters. The number of benzene rings is 2. The van der Waals surface area contributed by atoms with Crippen molar-refractivity contribution in [3.63, 3.8) is 0 Å². The summed E-state index contributed by atoms with van der Waals surface area (Å²) >= 11 is 9.28. The second-order valence-electron chi connectivity index (χ2n) is 5.48. The van der Waals surface area contributed by atoms with E-state index in [2.05, 4.69) is 31.6 Å². The Balaban J connectivity index is 1.80. The standard InChI is InChI=1S/C18H14BrClN4O2/c1-11-16(10-21-22-17(25)12-5-7-13(19)8-6-12)18(26)24(23-11)15-4-2-3-14(20)9-15/h2-10,23H,1H3,(H,22,25)/b21-10-. The highest BCUT2D eigenvalue weighted by atomic mass is 79.9. The van der Waals surface area contributed by atoms with Crippen LogP contribution in [0.5, 0.6) is 0 Å². The largest absolute Gasteiger partial charge is 0.295 e. The van der Waals surface area contributed by atoms with E-state index in [4.69, 9.17) is 11.6 Å². The van der Waals surface area contributed by atoms with Gasteiger partial charge in [0.25, 0.3) is 11.5 Å². The zero-order valence-electron chi connectivity index (χ0n) is 13.7. The van der Waals surface area contributed by atoms with Gasteiger partial charge in [0.2, 0.25) is 0 Å². The first-order chi connectivity index (χ1) is 12.5. The zero-order chi connectivity index (χ0) is 18.7. The molecule has 1 amide bonds. The molecular formula is C18H14BrClN4O2. The molecule has 0 aliphatic heterocycles. The van der Waals surface area contributed by atoms with Crippen molar-refractivity contribution in [3.8, 4) is 5.69 Å². The molecule has 6 nitrogen and oxygen atoms in total. The van der Waals surface area contributed by atoms with Gasteiger partial charge in [-0.2, -0.15) is 5.10 Å². The molecule has 0 fully saturated rings. The van der Waals surface area contributed by atoms with Crippen LogP contribution in [0.25, 0.3) is 5.69 Å². The van der Waals surface area contributed by atoms with E-state index >= 15 is 0 Å². The molecule has 1 aromatic heterocycles. The van der Waals surface area contributed by atoms with Crippen LogP contribution >= 0.6 is 27.5 Å². The lowest BCUT2D eigenvalue weighted by atomic mass is 10.2. The first kappa shape index (κ1) is 18.2. The number of nitrogens with zero attached hydrogens (tertiary/aromatic N) is 2. The van der Waals surface area contributed by atoms with E-state index in [1.807, 2.05) is 0 Å². The second-order valence-corrected chi connectivity index (χ2v) is 6.83. The maximum Gasteiger partial charge on any atom is 0.280 e. The van der Waals surface area contributed by atoms with Gasteiger partial charge < -0.3 is 0 Å². The first-order valence-corrected chi connectivity index (χ1v) is 8.79. The number of H-pyrrole nitrogens is 1. The van der Waals surface area contributed by atoms with Crippen LogP contribution in [0.3, 0.4) is 0 Å². The molecule has 0 bridgehead atoms. The first-order valence-electron chi connectivity index (χ1n) is 7.62. The Morgan fingerprint density at radius 1 is 1.27 bits per heavy atom. The van der Waals surface area contributed by atoms with Crippen LogP contribution in [0.2, 0.25) is 5.02 Å². The quantitative estimate of drug-likeness (QED) is 0.486. The monoisotopic (exact) mass is 432 g/mol. The Morgan fingerprint density at radius 2 is 2.00 bits per heavy atom. The number of carbonyl (C=O) groups is 1. The highest BCUT2D eigenvalue weighted by Crippen LogP contribution is 2.13. The highest BCUT2D eigenvalue weighted by Gasteiger charge is 2.11. The summed E-state index contributed by atoms with van der Waals surface area (Å²) in [6.45, 7) is 1.75. The number of hydrazone groups is 1. The summed E-state index contributed by atoms with van der Waals surface area (Å²) in [5, 5.41) is 7.39. The third-order valence-corrected chi connectivity index (χ3v) is 4.41. The van der Waals surface area contributed by atoms with Gasteiger partial charge in [-0.25, -0.2) is 10.1 Å². The van der Waals surface area contributed by atoms with Gasteiger partial charge in [-0.05, 0) is 49.4 Å². The van der Waals surface area contributed by atoms with Crippen LogP contribution in [-0.2, 0) is 0 Å². The van der Waals surface area contributed by atoms with Gasteiger partial charge in [0.15, 0.2) is 0 Å². The van der Waals surface area contributed by atoms with Gasteiger partial charge in [-0.1, -0.05) is 33.6 Å². The number of hydrogen-bond donors (Lipinski definition) is 2. The fourth-order valence-corrected chi connectivity index (χ4v) is 2.78. The molecule has 0 saturated carbocycles. The number of aromatic nitrogens is 2. The molecule has 8 heteroatoms. The Labute approximate surface area is 162 Å². The Morgan fingerprint density at radius 3 is 2.69 bits per heavy atom. The van der Waals surface area contributed by atoms with Crippen LogP contribution in [-0.4, -0.2) is 21.9 Å². The van der Waals surface area contributed by atoms with Gasteiger partial charge in [0.05, 0.1) is 17.5 Å². The minimum absolute atomic E-state index is 0.286. The smallest absolute Gasteiger partial charge is 0.280 e. The maximum absolute atomic E-state index is 12.6. The number of halogens is 2. The highest BCUT2D eigenvalue weighted by molar-refractivity contribution is 9.10. The fourth-order valence-electron chi connectivity index (χ4n) is 2.33. The van der Waals surface area contributed by atoms with Crippen molar-refractivity contribution in [2.24, 2.45) is 5.10 Å². The van der Waals surface area contributed by atoms with Gasteiger partial charge in [-0.15, -0.1) is 0 Å². The number of aryl methyl sites for hydroxylation is 1. The topological polar surface area (TPSA) is 79.2 Å². The number of rotatable bonds is 4. The summed E-state index contributed by atoms with van der Waals surface area (Å²) in [5.74, 6) is -0.364. The molecule has 2 N–H and O–H groups in total. The van der Waals surface area contributed by atoms with Crippen LogP contribution in [0.4, 0.5) is 0 Å². The average Bonchev–Trinajstić information content (AvgIpc) is 2.90. The second kappa shape index (κ2) is 7.72.